The van der Waals surface area contributed by atoms with Gasteiger partial charge in [0.15, 0.2) is 23.0 Å². The number of nitrogens with one attached hydrogen (secondary N) is 1. The number of imide groups is 2. The molecule has 0 radical (unpaired) electrons. The van der Waals surface area contributed by atoms with Gasteiger partial charge in [-0.15, -0.1) is 0 Å². The summed E-state index contributed by atoms with van der Waals surface area (Å²) in [5.74, 6) is 0.280. The number of carbonyl (C=O) groups excluding carboxylic acids is 3. The van der Waals surface area contributed by atoms with E-state index in [0.717, 1.165) is 21.2 Å². The molecule has 1 N–H and O–H groups in total. The predicted molar refractivity (Wildman–Crippen MR) is 143 cm³/mol. The van der Waals surface area contributed by atoms with E-state index in [9.17, 15) is 14.4 Å². The molecule has 0 spiro atoms. The number of benzene rings is 4. The first-order chi connectivity index (χ1) is 19.0. The molecule has 4 aromatic carbocycles. The van der Waals surface area contributed by atoms with Crippen LogP contribution in [0, 0.1) is 0 Å². The van der Waals surface area contributed by atoms with Gasteiger partial charge in [0.25, 0.3) is 11.8 Å². The molecule has 6 rings (SSSR count). The lowest BCUT2D eigenvalue weighted by atomic mass is 10.1. The summed E-state index contributed by atoms with van der Waals surface area (Å²) in [6.45, 7) is 0.376. The van der Waals surface area contributed by atoms with Crippen molar-refractivity contribution in [3.8, 4) is 23.0 Å². The molecule has 2 heterocycles. The second-order valence-corrected chi connectivity index (χ2v) is 8.88. The molecule has 39 heavy (non-hydrogen) atoms. The van der Waals surface area contributed by atoms with Gasteiger partial charge in [0.2, 0.25) is 6.79 Å². The molecule has 0 unspecified atom stereocenters. The fraction of sp³-hybridized carbons (Fsp3) is 0.100. The molecule has 4 aromatic rings. The van der Waals surface area contributed by atoms with Gasteiger partial charge in [-0.05, 0) is 58.3 Å². The van der Waals surface area contributed by atoms with Gasteiger partial charge in [0, 0.05) is 6.07 Å². The number of fused-ring (bicyclic) bond motifs is 2. The number of barbiturate groups is 1. The van der Waals surface area contributed by atoms with Crippen LogP contribution in [0.3, 0.4) is 0 Å². The van der Waals surface area contributed by atoms with Crippen molar-refractivity contribution in [3.63, 3.8) is 0 Å². The monoisotopic (exact) mass is 522 g/mol. The van der Waals surface area contributed by atoms with E-state index in [1.165, 1.54) is 19.3 Å². The van der Waals surface area contributed by atoms with Crippen molar-refractivity contribution in [2.75, 3.05) is 18.8 Å². The summed E-state index contributed by atoms with van der Waals surface area (Å²) in [5, 5.41) is 4.49. The van der Waals surface area contributed by atoms with Crippen LogP contribution in [0.1, 0.15) is 11.1 Å². The van der Waals surface area contributed by atoms with Crippen molar-refractivity contribution in [1.82, 2.24) is 5.32 Å². The Balaban J connectivity index is 1.24. The number of ether oxygens (including phenoxy) is 4. The number of nitrogens with zero attached hydrogens (tertiary/aromatic N) is 1. The van der Waals surface area contributed by atoms with Crippen molar-refractivity contribution < 1.29 is 33.3 Å². The maximum Gasteiger partial charge on any atom is 0.335 e. The van der Waals surface area contributed by atoms with Gasteiger partial charge < -0.3 is 18.9 Å². The number of hydrogen-bond acceptors (Lipinski definition) is 7. The maximum atomic E-state index is 13.3. The Labute approximate surface area is 223 Å². The van der Waals surface area contributed by atoms with Gasteiger partial charge in [-0.1, -0.05) is 42.5 Å². The quantitative estimate of drug-likeness (QED) is 0.286. The van der Waals surface area contributed by atoms with Crippen LogP contribution in [0.4, 0.5) is 10.5 Å². The number of rotatable bonds is 6. The molecule has 1 fully saturated rings. The van der Waals surface area contributed by atoms with Gasteiger partial charge in [-0.2, -0.15) is 0 Å². The molecule has 0 bridgehead atoms. The summed E-state index contributed by atoms with van der Waals surface area (Å²) in [5.41, 5.74) is 1.55. The minimum absolute atomic E-state index is 0.0480. The van der Waals surface area contributed by atoms with Crippen LogP contribution in [-0.4, -0.2) is 31.7 Å². The second kappa shape index (κ2) is 9.86. The van der Waals surface area contributed by atoms with Crippen molar-refractivity contribution >= 4 is 40.4 Å². The van der Waals surface area contributed by atoms with E-state index in [-0.39, 0.29) is 18.1 Å². The third-order valence-electron chi connectivity index (χ3n) is 6.42. The molecule has 0 aliphatic carbocycles. The molecule has 0 atom stereocenters. The van der Waals surface area contributed by atoms with Gasteiger partial charge in [0.1, 0.15) is 12.2 Å². The number of urea groups is 1. The molecular weight excluding hydrogens is 500 g/mol. The number of amides is 4. The lowest BCUT2D eigenvalue weighted by molar-refractivity contribution is -0.122. The fourth-order valence-electron chi connectivity index (χ4n) is 4.47. The van der Waals surface area contributed by atoms with Crippen LogP contribution >= 0.6 is 0 Å². The highest BCUT2D eigenvalue weighted by Gasteiger charge is 2.37. The van der Waals surface area contributed by atoms with Gasteiger partial charge in [0.05, 0.1) is 12.8 Å². The Kier molecular flexibility index (Phi) is 6.08. The number of methoxy groups -OCH3 is 1. The summed E-state index contributed by atoms with van der Waals surface area (Å²) >= 11 is 0. The highest BCUT2D eigenvalue weighted by molar-refractivity contribution is 6.39. The Bertz CT molecular complexity index is 1680. The van der Waals surface area contributed by atoms with Crippen molar-refractivity contribution in [2.45, 2.75) is 6.61 Å². The summed E-state index contributed by atoms with van der Waals surface area (Å²) in [4.78, 5) is 39.3. The zero-order valence-electron chi connectivity index (χ0n) is 20.8. The largest absolute Gasteiger partial charge is 0.493 e. The molecule has 0 aromatic heterocycles. The van der Waals surface area contributed by atoms with Crippen molar-refractivity contribution in [2.24, 2.45) is 0 Å². The number of carbonyl (C=O) groups is 3. The van der Waals surface area contributed by atoms with Crippen LogP contribution in [0.25, 0.3) is 16.8 Å². The first-order valence-electron chi connectivity index (χ1n) is 12.1. The maximum absolute atomic E-state index is 13.3. The van der Waals surface area contributed by atoms with E-state index in [2.05, 4.69) is 17.4 Å². The highest BCUT2D eigenvalue weighted by atomic mass is 16.7. The SMILES string of the molecule is COc1cc(/C=C2\C(=O)NC(=O)N(c3ccc4c(c3)OCO4)C2=O)ccc1OCc1ccc2ccccc2c1. The van der Waals surface area contributed by atoms with E-state index >= 15 is 0 Å². The lowest BCUT2D eigenvalue weighted by Crippen LogP contribution is -2.54. The van der Waals surface area contributed by atoms with E-state index in [1.54, 1.807) is 30.3 Å². The van der Waals surface area contributed by atoms with Crippen LogP contribution in [-0.2, 0) is 16.2 Å². The van der Waals surface area contributed by atoms with Gasteiger partial charge in [-0.3, -0.25) is 14.9 Å². The number of hydrogen-bond donors (Lipinski definition) is 1. The smallest absolute Gasteiger partial charge is 0.335 e. The molecule has 194 valence electrons. The first kappa shape index (κ1) is 24.1. The molecule has 0 saturated carbocycles. The third-order valence-corrected chi connectivity index (χ3v) is 6.42. The molecule has 9 nitrogen and oxygen atoms in total. The summed E-state index contributed by atoms with van der Waals surface area (Å²) in [6.07, 6.45) is 1.40. The molecule has 9 heteroatoms. The molecule has 1 saturated heterocycles. The van der Waals surface area contributed by atoms with Crippen LogP contribution in [0.5, 0.6) is 23.0 Å². The Morgan fingerprint density at radius 1 is 0.872 bits per heavy atom. The van der Waals surface area contributed by atoms with Gasteiger partial charge >= 0.3 is 6.03 Å². The summed E-state index contributed by atoms with van der Waals surface area (Å²) in [6, 6.07) is 23.1. The lowest BCUT2D eigenvalue weighted by Gasteiger charge is -2.26. The topological polar surface area (TPSA) is 103 Å². The van der Waals surface area contributed by atoms with E-state index in [1.807, 2.05) is 30.3 Å². The van der Waals surface area contributed by atoms with E-state index < -0.39 is 17.8 Å². The highest BCUT2D eigenvalue weighted by Crippen LogP contribution is 2.37. The van der Waals surface area contributed by atoms with Crippen LogP contribution < -0.4 is 29.2 Å². The standard InChI is InChI=1S/C30H22N2O7/c1-36-26-14-18(7-10-24(26)37-16-19-6-8-20-4-2-3-5-21(20)12-19)13-23-28(33)31-30(35)32(29(23)34)22-9-11-25-27(15-22)39-17-38-25/h2-15H,16-17H2,1H3,(H,31,33,35)/b23-13+. The molecule has 2 aliphatic rings. The molecular formula is C30H22N2O7. The zero-order chi connectivity index (χ0) is 26.9. The average Bonchev–Trinajstić information content (AvgIpc) is 3.42. The minimum atomic E-state index is -0.851. The Morgan fingerprint density at radius 3 is 2.54 bits per heavy atom. The van der Waals surface area contributed by atoms with Crippen LogP contribution in [0.2, 0.25) is 0 Å². The van der Waals surface area contributed by atoms with E-state index in [0.29, 0.717) is 35.2 Å². The zero-order valence-corrected chi connectivity index (χ0v) is 20.8. The van der Waals surface area contributed by atoms with E-state index in [4.69, 9.17) is 18.9 Å². The predicted octanol–water partition coefficient (Wildman–Crippen LogP) is 4.82. The second-order valence-electron chi connectivity index (χ2n) is 8.88. The minimum Gasteiger partial charge on any atom is -0.493 e. The molecule has 4 amide bonds. The van der Waals surface area contributed by atoms with Crippen LogP contribution in [0.15, 0.2) is 84.4 Å². The summed E-state index contributed by atoms with van der Waals surface area (Å²) in [7, 11) is 1.51. The Hall–Kier alpha value is -5.31. The van der Waals surface area contributed by atoms with Crippen molar-refractivity contribution in [3.05, 3.63) is 95.6 Å². The summed E-state index contributed by atoms with van der Waals surface area (Å²) < 4.78 is 22.2. The first-order valence-corrected chi connectivity index (χ1v) is 12.1. The molecule has 2 aliphatic heterocycles. The third kappa shape index (κ3) is 4.61. The normalized spacial score (nSPS) is 15.6. The Morgan fingerprint density at radius 2 is 1.69 bits per heavy atom. The van der Waals surface area contributed by atoms with Gasteiger partial charge in [-0.25, -0.2) is 9.69 Å². The van der Waals surface area contributed by atoms with Crippen molar-refractivity contribution in [1.29, 1.82) is 0 Å². The fourth-order valence-corrected chi connectivity index (χ4v) is 4.47. The number of anilines is 1. The average molecular weight is 523 g/mol.